The molecule has 5 aromatic rings. The first-order valence-electron chi connectivity index (χ1n) is 10.7. The first-order chi connectivity index (χ1) is 17.0. The summed E-state index contributed by atoms with van der Waals surface area (Å²) in [6, 6.07) is 12.2. The van der Waals surface area contributed by atoms with Crippen LogP contribution in [-0.2, 0) is 6.42 Å². The number of nitrogens with two attached hydrogens (primary N) is 1. The highest BCUT2D eigenvalue weighted by molar-refractivity contribution is 6.32. The van der Waals surface area contributed by atoms with Crippen molar-refractivity contribution < 1.29 is 0 Å². The molecule has 1 aliphatic rings. The Morgan fingerprint density at radius 2 is 2.00 bits per heavy atom. The third-order valence-corrected chi connectivity index (χ3v) is 6.53. The maximum absolute atomic E-state index is 13.4. The third-order valence-electron chi connectivity index (χ3n) is 6.02. The van der Waals surface area contributed by atoms with Crippen molar-refractivity contribution in [3.8, 4) is 28.2 Å². The molecule has 1 atom stereocenters. The molecule has 0 saturated heterocycles. The molecule has 0 amide bonds. The van der Waals surface area contributed by atoms with Gasteiger partial charge in [0.25, 0.3) is 5.56 Å². The summed E-state index contributed by atoms with van der Waals surface area (Å²) in [5, 5.41) is 12.3. The monoisotopic (exact) mass is 505 g/mol. The first kappa shape index (κ1) is 21.5. The van der Waals surface area contributed by atoms with E-state index in [2.05, 4.69) is 30.5 Å². The van der Waals surface area contributed by atoms with Gasteiger partial charge in [-0.1, -0.05) is 23.2 Å². The number of fused-ring (bicyclic) bond motifs is 1. The van der Waals surface area contributed by atoms with Crippen LogP contribution in [0, 0.1) is 0 Å². The van der Waals surface area contributed by atoms with E-state index in [1.807, 2.05) is 12.1 Å². The van der Waals surface area contributed by atoms with Crippen LogP contribution in [0.25, 0.3) is 28.2 Å². The number of nitrogens with one attached hydrogen (secondary N) is 1. The summed E-state index contributed by atoms with van der Waals surface area (Å²) in [5.41, 5.74) is 10.4. The van der Waals surface area contributed by atoms with Crippen LogP contribution in [0.4, 0.5) is 5.69 Å². The lowest BCUT2D eigenvalue weighted by Gasteiger charge is -2.15. The predicted molar refractivity (Wildman–Crippen MR) is 132 cm³/mol. The van der Waals surface area contributed by atoms with Crippen LogP contribution in [0.2, 0.25) is 10.2 Å². The number of anilines is 1. The van der Waals surface area contributed by atoms with Crippen LogP contribution in [0.3, 0.4) is 0 Å². The summed E-state index contributed by atoms with van der Waals surface area (Å²) in [6.07, 6.45) is 4.45. The number of imidazole rings is 1. The molecule has 12 heteroatoms. The summed E-state index contributed by atoms with van der Waals surface area (Å²) in [7, 11) is 0. The smallest absolute Gasteiger partial charge is 0.252 e. The lowest BCUT2D eigenvalue weighted by atomic mass is 10.0. The molecular weight excluding hydrogens is 489 g/mol. The quantitative estimate of drug-likeness (QED) is 0.380. The number of aromatic nitrogens is 8. The molecule has 0 bridgehead atoms. The highest BCUT2D eigenvalue weighted by Gasteiger charge is 2.29. The largest absolute Gasteiger partial charge is 0.397 e. The molecule has 0 radical (unpaired) electrons. The highest BCUT2D eigenvalue weighted by atomic mass is 35.5. The SMILES string of the molecule is Nc1ccc(-c2nc(C3CCc4cc(-c5cc(Cl)ccc5-n5cnnn5)cc(=O)n43)[nH]c2Cl)nc1. The molecule has 6 rings (SSSR count). The zero-order valence-electron chi connectivity index (χ0n) is 18.1. The molecule has 1 unspecified atom stereocenters. The average Bonchev–Trinajstić information content (AvgIpc) is 3.59. The lowest BCUT2D eigenvalue weighted by molar-refractivity contribution is 0.572. The number of nitrogen functional groups attached to an aromatic ring is 1. The van der Waals surface area contributed by atoms with Gasteiger partial charge in [-0.15, -0.1) is 5.10 Å². The normalized spacial score (nSPS) is 14.9. The van der Waals surface area contributed by atoms with Gasteiger partial charge in [-0.05, 0) is 65.2 Å². The van der Waals surface area contributed by atoms with Crippen LogP contribution in [0.1, 0.15) is 24.0 Å². The van der Waals surface area contributed by atoms with Crippen LogP contribution < -0.4 is 11.3 Å². The van der Waals surface area contributed by atoms with Crippen molar-refractivity contribution >= 4 is 28.9 Å². The summed E-state index contributed by atoms with van der Waals surface area (Å²) in [4.78, 5) is 25.5. The molecular formula is C23H17Cl2N9O. The van der Waals surface area contributed by atoms with E-state index in [1.54, 1.807) is 41.1 Å². The fourth-order valence-corrected chi connectivity index (χ4v) is 4.87. The number of hydrogen-bond acceptors (Lipinski definition) is 7. The number of tetrazole rings is 1. The van der Waals surface area contributed by atoms with E-state index in [-0.39, 0.29) is 11.6 Å². The van der Waals surface area contributed by atoms with Gasteiger partial charge in [-0.2, -0.15) is 4.68 Å². The molecule has 10 nitrogen and oxygen atoms in total. The summed E-state index contributed by atoms with van der Waals surface area (Å²) in [6.45, 7) is 0. The molecule has 0 saturated carbocycles. The van der Waals surface area contributed by atoms with E-state index in [1.165, 1.54) is 11.0 Å². The minimum absolute atomic E-state index is 0.151. The van der Waals surface area contributed by atoms with Gasteiger partial charge in [0.2, 0.25) is 0 Å². The lowest BCUT2D eigenvalue weighted by Crippen LogP contribution is -2.24. The average molecular weight is 506 g/mol. The number of hydrogen-bond donors (Lipinski definition) is 2. The number of pyridine rings is 2. The number of halogens is 2. The number of nitrogens with zero attached hydrogens (tertiary/aromatic N) is 7. The molecule has 174 valence electrons. The van der Waals surface area contributed by atoms with Gasteiger partial charge < -0.3 is 15.3 Å². The van der Waals surface area contributed by atoms with Crippen LogP contribution >= 0.6 is 23.2 Å². The minimum Gasteiger partial charge on any atom is -0.397 e. The van der Waals surface area contributed by atoms with Crippen molar-refractivity contribution in [2.45, 2.75) is 18.9 Å². The van der Waals surface area contributed by atoms with Crippen LogP contribution in [-0.4, -0.2) is 39.7 Å². The molecule has 4 aromatic heterocycles. The van der Waals surface area contributed by atoms with Crippen molar-refractivity contribution in [1.82, 2.24) is 39.7 Å². The van der Waals surface area contributed by atoms with E-state index in [0.29, 0.717) is 45.9 Å². The van der Waals surface area contributed by atoms with E-state index >= 15 is 0 Å². The number of aryl methyl sites for hydroxylation is 1. The van der Waals surface area contributed by atoms with Gasteiger partial charge in [0.15, 0.2) is 0 Å². The Kier molecular flexibility index (Phi) is 5.12. The van der Waals surface area contributed by atoms with Crippen molar-refractivity contribution in [3.05, 3.63) is 87.0 Å². The molecule has 1 aliphatic heterocycles. The highest BCUT2D eigenvalue weighted by Crippen LogP contribution is 2.35. The first-order valence-corrected chi connectivity index (χ1v) is 11.5. The maximum Gasteiger partial charge on any atom is 0.252 e. The third kappa shape index (κ3) is 3.76. The summed E-state index contributed by atoms with van der Waals surface area (Å²) in [5.74, 6) is 0.606. The molecule has 0 fully saturated rings. The molecule has 1 aromatic carbocycles. The summed E-state index contributed by atoms with van der Waals surface area (Å²) >= 11 is 12.7. The predicted octanol–water partition coefficient (Wildman–Crippen LogP) is 3.70. The van der Waals surface area contributed by atoms with Gasteiger partial charge in [0.1, 0.15) is 23.0 Å². The van der Waals surface area contributed by atoms with Crippen molar-refractivity contribution in [2.24, 2.45) is 0 Å². The number of rotatable bonds is 4. The summed E-state index contributed by atoms with van der Waals surface area (Å²) < 4.78 is 3.29. The second kappa shape index (κ2) is 8.33. The Bertz CT molecular complexity index is 1610. The molecule has 35 heavy (non-hydrogen) atoms. The minimum atomic E-state index is -0.273. The van der Waals surface area contributed by atoms with Crippen molar-refractivity contribution in [2.75, 3.05) is 5.73 Å². The Morgan fingerprint density at radius 3 is 2.77 bits per heavy atom. The van der Waals surface area contributed by atoms with Gasteiger partial charge in [0, 0.05) is 22.3 Å². The van der Waals surface area contributed by atoms with E-state index in [0.717, 1.165) is 22.5 Å². The number of H-pyrrole nitrogens is 1. The number of benzene rings is 1. The van der Waals surface area contributed by atoms with Gasteiger partial charge in [-0.3, -0.25) is 9.78 Å². The van der Waals surface area contributed by atoms with Gasteiger partial charge in [-0.25, -0.2) is 4.98 Å². The number of aromatic amines is 1. The van der Waals surface area contributed by atoms with Crippen LogP contribution in [0.15, 0.2) is 59.8 Å². The van der Waals surface area contributed by atoms with E-state index < -0.39 is 0 Å². The Balaban J connectivity index is 1.41. The molecule has 0 aliphatic carbocycles. The van der Waals surface area contributed by atoms with Crippen LogP contribution in [0.5, 0.6) is 0 Å². The Morgan fingerprint density at radius 1 is 1.11 bits per heavy atom. The van der Waals surface area contributed by atoms with Gasteiger partial charge in [0.05, 0.1) is 29.3 Å². The Labute approximate surface area is 208 Å². The van der Waals surface area contributed by atoms with Crippen molar-refractivity contribution in [1.29, 1.82) is 0 Å². The fraction of sp³-hybridized carbons (Fsp3) is 0.130. The zero-order chi connectivity index (χ0) is 24.1. The van der Waals surface area contributed by atoms with Gasteiger partial charge >= 0.3 is 0 Å². The Hall–Kier alpha value is -4.02. The fourth-order valence-electron chi connectivity index (χ4n) is 4.46. The van der Waals surface area contributed by atoms with E-state index in [9.17, 15) is 4.79 Å². The second-order valence-electron chi connectivity index (χ2n) is 8.18. The van der Waals surface area contributed by atoms with Crippen molar-refractivity contribution in [3.63, 3.8) is 0 Å². The molecule has 0 spiro atoms. The second-order valence-corrected chi connectivity index (χ2v) is 8.99. The standard InChI is InChI=1S/C23H17Cl2N9O/c24-13-1-5-18(33-11-28-31-32-33)16(9-13)12-7-15-3-6-19(34(15)20(35)8-12)23-29-21(22(25)30-23)17-4-2-14(26)10-27-17/h1-2,4-5,7-11,19H,3,6,26H2,(H,29,30). The molecule has 5 heterocycles. The zero-order valence-corrected chi connectivity index (χ0v) is 19.6. The van der Waals surface area contributed by atoms with E-state index in [4.69, 9.17) is 28.9 Å². The molecule has 3 N–H and O–H groups in total. The topological polar surface area (TPSA) is 133 Å². The maximum atomic E-state index is 13.4.